The van der Waals surface area contributed by atoms with E-state index in [9.17, 15) is 14.7 Å². The predicted octanol–water partition coefficient (Wildman–Crippen LogP) is 2.32. The number of likely N-dealkylation sites (tertiary alicyclic amines) is 1. The van der Waals surface area contributed by atoms with Crippen molar-refractivity contribution in [2.45, 2.75) is 33.2 Å². The molecule has 198 valence electrons. The summed E-state index contributed by atoms with van der Waals surface area (Å²) in [6, 6.07) is 12.0. The van der Waals surface area contributed by atoms with Crippen LogP contribution in [0.25, 0.3) is 5.76 Å². The van der Waals surface area contributed by atoms with Crippen LogP contribution >= 0.6 is 15.9 Å². The van der Waals surface area contributed by atoms with Crippen molar-refractivity contribution in [3.8, 4) is 5.75 Å². The normalized spacial score (nSPS) is 20.1. The van der Waals surface area contributed by atoms with Gasteiger partial charge in [0, 0.05) is 23.0 Å². The third-order valence-corrected chi connectivity index (χ3v) is 7.34. The molecule has 0 spiro atoms. The number of hydrogen-bond donors (Lipinski definition) is 1. The Balaban J connectivity index is 1.66. The van der Waals surface area contributed by atoms with Crippen molar-refractivity contribution in [3.05, 3.63) is 69.2 Å². The van der Waals surface area contributed by atoms with Gasteiger partial charge >= 0.3 is 0 Å². The number of morpholine rings is 1. The fourth-order valence-corrected chi connectivity index (χ4v) is 5.34. The fraction of sp³-hybridized carbons (Fsp3) is 0.448. The average molecular weight is 572 g/mol. The van der Waals surface area contributed by atoms with Crippen LogP contribution in [-0.2, 0) is 14.3 Å². The highest BCUT2D eigenvalue weighted by Crippen LogP contribution is 2.40. The van der Waals surface area contributed by atoms with Gasteiger partial charge in [-0.1, -0.05) is 53.7 Å². The molecule has 1 N–H and O–H groups in total. The molecule has 2 heterocycles. The topological polar surface area (TPSA) is 83.3 Å². The fourth-order valence-electron chi connectivity index (χ4n) is 4.92. The lowest BCUT2D eigenvalue weighted by Crippen LogP contribution is -3.14. The molecule has 1 atom stereocenters. The van der Waals surface area contributed by atoms with E-state index in [1.807, 2.05) is 37.3 Å². The molecule has 8 heteroatoms. The maximum absolute atomic E-state index is 13.8. The number of rotatable bonds is 9. The highest BCUT2D eigenvalue weighted by atomic mass is 79.9. The molecule has 4 rings (SSSR count). The number of amides is 1. The highest BCUT2D eigenvalue weighted by molar-refractivity contribution is 9.10. The summed E-state index contributed by atoms with van der Waals surface area (Å²) in [7, 11) is 0. The summed E-state index contributed by atoms with van der Waals surface area (Å²) in [6.45, 7) is 11.2. The minimum Gasteiger partial charge on any atom is -0.872 e. The molecule has 37 heavy (non-hydrogen) atoms. The molecule has 1 unspecified atom stereocenters. The number of hydrogen-bond acceptors (Lipinski definition) is 5. The summed E-state index contributed by atoms with van der Waals surface area (Å²) in [5.41, 5.74) is 1.87. The Hall–Kier alpha value is -2.68. The van der Waals surface area contributed by atoms with E-state index in [4.69, 9.17) is 9.47 Å². The standard InChI is InChI=1S/C29H35BrN2O5/c1-19(2)18-37-23-8-9-24(20(3)16-23)27(33)25-26(21-6-4-7-22(30)17-21)32(29(35)28(25)34)11-5-10-31-12-14-36-15-13-31/h4,6-9,16-17,19,26,33H,5,10-15,18H2,1-3H3/b27-25+. The Morgan fingerprint density at radius 2 is 1.95 bits per heavy atom. The molecule has 0 radical (unpaired) electrons. The highest BCUT2D eigenvalue weighted by Gasteiger charge is 2.44. The third kappa shape index (κ3) is 6.43. The number of carbonyl (C=O) groups excluding carboxylic acids is 2. The van der Waals surface area contributed by atoms with E-state index < -0.39 is 23.5 Å². The van der Waals surface area contributed by atoms with E-state index in [0.29, 0.717) is 35.9 Å². The Bertz CT molecular complexity index is 1170. The summed E-state index contributed by atoms with van der Waals surface area (Å²) in [6.07, 6.45) is 0.737. The lowest BCUT2D eigenvalue weighted by molar-refractivity contribution is -0.908. The molecule has 2 aliphatic heterocycles. The van der Waals surface area contributed by atoms with Crippen LogP contribution in [0, 0.1) is 12.8 Å². The first kappa shape index (κ1) is 27.4. The summed E-state index contributed by atoms with van der Waals surface area (Å²) >= 11 is 3.50. The van der Waals surface area contributed by atoms with E-state index in [1.54, 1.807) is 17.0 Å². The first-order valence-corrected chi connectivity index (χ1v) is 13.7. The third-order valence-electron chi connectivity index (χ3n) is 6.85. The van der Waals surface area contributed by atoms with Gasteiger partial charge in [-0.05, 0) is 53.8 Å². The van der Waals surface area contributed by atoms with Crippen molar-refractivity contribution in [3.63, 3.8) is 0 Å². The lowest BCUT2D eigenvalue weighted by atomic mass is 9.94. The number of benzene rings is 2. The number of carbonyl (C=O) groups is 2. The zero-order chi connectivity index (χ0) is 26.5. The minimum atomic E-state index is -0.721. The van der Waals surface area contributed by atoms with Gasteiger partial charge in [0.05, 0.1) is 32.4 Å². The Morgan fingerprint density at radius 1 is 1.19 bits per heavy atom. The van der Waals surface area contributed by atoms with E-state index in [0.717, 1.165) is 49.3 Å². The zero-order valence-electron chi connectivity index (χ0n) is 21.7. The van der Waals surface area contributed by atoms with Crippen molar-refractivity contribution in [2.75, 3.05) is 46.0 Å². The average Bonchev–Trinajstić information content (AvgIpc) is 3.13. The number of nitrogens with one attached hydrogen (secondary N) is 1. The molecular weight excluding hydrogens is 536 g/mol. The van der Waals surface area contributed by atoms with Crippen LogP contribution in [0.1, 0.15) is 43.0 Å². The molecule has 0 aliphatic carbocycles. The molecule has 2 aromatic rings. The second-order valence-corrected chi connectivity index (χ2v) is 11.1. The predicted molar refractivity (Wildman–Crippen MR) is 143 cm³/mol. The number of aryl methyl sites for hydroxylation is 1. The maximum atomic E-state index is 13.8. The molecule has 1 amide bonds. The number of halogens is 1. The molecule has 0 saturated carbocycles. The smallest absolute Gasteiger partial charge is 0.295 e. The summed E-state index contributed by atoms with van der Waals surface area (Å²) < 4.78 is 12.1. The lowest BCUT2D eigenvalue weighted by Gasteiger charge is -2.29. The van der Waals surface area contributed by atoms with Crippen LogP contribution in [0.4, 0.5) is 0 Å². The van der Waals surface area contributed by atoms with Crippen molar-refractivity contribution in [1.82, 2.24) is 4.90 Å². The van der Waals surface area contributed by atoms with Gasteiger partial charge in [-0.3, -0.25) is 9.59 Å². The van der Waals surface area contributed by atoms with Crippen LogP contribution in [0.3, 0.4) is 0 Å². The van der Waals surface area contributed by atoms with Crippen LogP contribution in [0.5, 0.6) is 5.75 Å². The second kappa shape index (κ2) is 12.2. The summed E-state index contributed by atoms with van der Waals surface area (Å²) in [5, 5.41) is 13.8. The quantitative estimate of drug-likeness (QED) is 0.284. The van der Waals surface area contributed by atoms with E-state index in [2.05, 4.69) is 29.8 Å². The first-order chi connectivity index (χ1) is 17.8. The molecule has 0 bridgehead atoms. The Labute approximate surface area is 227 Å². The number of ether oxygens (including phenoxy) is 2. The Kier molecular flexibility index (Phi) is 9.05. The van der Waals surface area contributed by atoms with E-state index in [-0.39, 0.29) is 5.57 Å². The minimum absolute atomic E-state index is 0.0146. The number of Topliss-reactive ketones (excluding diaryl/α,β-unsaturated/α-hetero) is 1. The molecule has 7 nitrogen and oxygen atoms in total. The monoisotopic (exact) mass is 570 g/mol. The summed E-state index contributed by atoms with van der Waals surface area (Å²) in [4.78, 5) is 29.6. The van der Waals surface area contributed by atoms with Gasteiger partial charge in [-0.2, -0.15) is 0 Å². The number of nitrogens with zero attached hydrogens (tertiary/aromatic N) is 1. The second-order valence-electron chi connectivity index (χ2n) is 10.2. The van der Waals surface area contributed by atoms with Gasteiger partial charge < -0.3 is 24.4 Å². The van der Waals surface area contributed by atoms with Gasteiger partial charge in [0.1, 0.15) is 18.8 Å². The molecule has 2 saturated heterocycles. The van der Waals surface area contributed by atoms with E-state index in [1.165, 1.54) is 4.90 Å². The van der Waals surface area contributed by atoms with Gasteiger partial charge in [-0.15, -0.1) is 0 Å². The molecular formula is C29H35BrN2O5. The van der Waals surface area contributed by atoms with Crippen LogP contribution < -0.4 is 14.7 Å². The number of quaternary nitrogens is 1. The Morgan fingerprint density at radius 3 is 2.62 bits per heavy atom. The summed E-state index contributed by atoms with van der Waals surface area (Å²) in [5.74, 6) is -0.677. The molecule has 2 fully saturated rings. The van der Waals surface area contributed by atoms with Gasteiger partial charge in [0.15, 0.2) is 0 Å². The van der Waals surface area contributed by atoms with E-state index >= 15 is 0 Å². The van der Waals surface area contributed by atoms with Crippen molar-refractivity contribution >= 4 is 33.4 Å². The number of ketones is 1. The van der Waals surface area contributed by atoms with Gasteiger partial charge in [0.2, 0.25) is 5.78 Å². The zero-order valence-corrected chi connectivity index (χ0v) is 23.3. The SMILES string of the molecule is Cc1cc(OCC(C)C)ccc1/C([O-])=C1\C(=O)C(=O)N(CCC[NH+]2CCOCC2)C1c1cccc(Br)c1. The van der Waals surface area contributed by atoms with Gasteiger partial charge in [0.25, 0.3) is 5.91 Å². The molecule has 0 aromatic heterocycles. The molecule has 2 aromatic carbocycles. The van der Waals surface area contributed by atoms with Gasteiger partial charge in [-0.25, -0.2) is 0 Å². The van der Waals surface area contributed by atoms with Crippen LogP contribution in [0.15, 0.2) is 52.5 Å². The van der Waals surface area contributed by atoms with Crippen molar-refractivity contribution in [2.24, 2.45) is 5.92 Å². The maximum Gasteiger partial charge on any atom is 0.295 e. The van der Waals surface area contributed by atoms with Crippen LogP contribution in [0.2, 0.25) is 0 Å². The first-order valence-electron chi connectivity index (χ1n) is 12.9. The largest absolute Gasteiger partial charge is 0.872 e. The van der Waals surface area contributed by atoms with Crippen LogP contribution in [-0.4, -0.2) is 62.6 Å². The van der Waals surface area contributed by atoms with Crippen molar-refractivity contribution in [1.29, 1.82) is 0 Å². The van der Waals surface area contributed by atoms with Crippen molar-refractivity contribution < 1.29 is 29.1 Å². The molecule has 2 aliphatic rings.